The van der Waals surface area contributed by atoms with Gasteiger partial charge in [0.2, 0.25) is 0 Å². The van der Waals surface area contributed by atoms with Crippen LogP contribution in [0.15, 0.2) is 48.7 Å². The number of β-amino-alcohol motifs (C(OH)–C–C–N with tert-alkyl or cyclic N) is 1. The number of likely N-dealkylation sites (N-methyl/N-ethyl adjacent to an activating group) is 1. The molecule has 1 aliphatic rings. The zero-order valence-electron chi connectivity index (χ0n) is 17.9. The Hall–Kier alpha value is -2.48. The van der Waals surface area contributed by atoms with Gasteiger partial charge in [0, 0.05) is 52.0 Å². The summed E-state index contributed by atoms with van der Waals surface area (Å²) >= 11 is 0. The fraction of sp³-hybridized carbons (Fsp3) is 0.478. The Morgan fingerprint density at radius 1 is 1.17 bits per heavy atom. The van der Waals surface area contributed by atoms with Crippen molar-refractivity contribution >= 4 is 11.8 Å². The van der Waals surface area contributed by atoms with E-state index in [1.165, 1.54) is 5.56 Å². The number of anilines is 1. The predicted molar refractivity (Wildman–Crippen MR) is 118 cm³/mol. The van der Waals surface area contributed by atoms with Crippen molar-refractivity contribution in [2.75, 3.05) is 57.8 Å². The highest BCUT2D eigenvalue weighted by Crippen LogP contribution is 2.15. The molecule has 0 amide bonds. The quantitative estimate of drug-likeness (QED) is 0.631. The number of aliphatic hydroxyl groups excluding tert-OH is 1. The molecule has 1 saturated heterocycles. The predicted octanol–water partition coefficient (Wildman–Crippen LogP) is 1.87. The second-order valence-electron chi connectivity index (χ2n) is 7.75. The molecule has 0 saturated carbocycles. The molecule has 1 fully saturated rings. The number of benzene rings is 1. The number of aromatic nitrogens is 1. The Bertz CT molecular complexity index is 777. The summed E-state index contributed by atoms with van der Waals surface area (Å²) in [5.41, 5.74) is 1.73. The van der Waals surface area contributed by atoms with Crippen LogP contribution in [0.25, 0.3) is 0 Å². The zero-order valence-corrected chi connectivity index (χ0v) is 17.9. The Kier molecular flexibility index (Phi) is 8.19. The topological polar surface area (TPSA) is 69.1 Å². The molecule has 0 spiro atoms. The van der Waals surface area contributed by atoms with Crippen LogP contribution in [-0.2, 0) is 11.3 Å². The van der Waals surface area contributed by atoms with Crippen molar-refractivity contribution in [3.8, 4) is 0 Å². The van der Waals surface area contributed by atoms with E-state index in [4.69, 9.17) is 4.74 Å². The normalized spacial score (nSPS) is 15.9. The smallest absolute Gasteiger partial charge is 0.339 e. The monoisotopic (exact) mass is 412 g/mol. The average molecular weight is 413 g/mol. The summed E-state index contributed by atoms with van der Waals surface area (Å²) < 4.78 is 5.00. The van der Waals surface area contributed by atoms with Gasteiger partial charge in [-0.25, -0.2) is 9.78 Å². The van der Waals surface area contributed by atoms with Crippen LogP contribution < -0.4 is 4.90 Å². The van der Waals surface area contributed by atoms with Crippen LogP contribution in [-0.4, -0.2) is 84.9 Å². The van der Waals surface area contributed by atoms with Gasteiger partial charge in [0.15, 0.2) is 0 Å². The highest BCUT2D eigenvalue weighted by molar-refractivity contribution is 5.89. The fourth-order valence-corrected chi connectivity index (χ4v) is 3.74. The van der Waals surface area contributed by atoms with E-state index in [1.54, 1.807) is 19.2 Å². The minimum absolute atomic E-state index is 0.340. The van der Waals surface area contributed by atoms with E-state index in [9.17, 15) is 9.90 Å². The molecule has 2 heterocycles. The van der Waals surface area contributed by atoms with Crippen molar-refractivity contribution in [2.24, 2.45) is 0 Å². The van der Waals surface area contributed by atoms with E-state index in [0.29, 0.717) is 25.3 Å². The molecule has 1 unspecified atom stereocenters. The number of ether oxygens (including phenoxy) is 1. The van der Waals surface area contributed by atoms with Crippen molar-refractivity contribution in [3.05, 3.63) is 59.8 Å². The van der Waals surface area contributed by atoms with Gasteiger partial charge in [0.25, 0.3) is 0 Å². The summed E-state index contributed by atoms with van der Waals surface area (Å²) in [4.78, 5) is 22.8. The number of hydrogen-bond acceptors (Lipinski definition) is 7. The number of rotatable bonds is 9. The number of pyridine rings is 1. The first-order valence-corrected chi connectivity index (χ1v) is 10.6. The van der Waals surface area contributed by atoms with E-state index >= 15 is 0 Å². The number of hydrogen-bond donors (Lipinski definition) is 1. The minimum atomic E-state index is -0.382. The third-order valence-corrected chi connectivity index (χ3v) is 5.24. The van der Waals surface area contributed by atoms with Crippen LogP contribution >= 0.6 is 0 Å². The molecule has 1 N–H and O–H groups in total. The molecule has 0 aliphatic carbocycles. The summed E-state index contributed by atoms with van der Waals surface area (Å²) in [6, 6.07) is 13.9. The fourth-order valence-electron chi connectivity index (χ4n) is 3.74. The third-order valence-electron chi connectivity index (χ3n) is 5.24. The highest BCUT2D eigenvalue weighted by atomic mass is 16.5. The van der Waals surface area contributed by atoms with E-state index in [1.807, 2.05) is 31.3 Å². The SMILES string of the molecule is CCOC(=O)c1ccc(N2CCN(CC(O)CN(C)Cc3ccccc3)CC2)nc1. The van der Waals surface area contributed by atoms with E-state index in [-0.39, 0.29) is 12.1 Å². The van der Waals surface area contributed by atoms with Crippen LogP contribution in [0.2, 0.25) is 0 Å². The van der Waals surface area contributed by atoms with Gasteiger partial charge in [-0.3, -0.25) is 9.80 Å². The first-order valence-electron chi connectivity index (χ1n) is 10.6. The van der Waals surface area contributed by atoms with Crippen molar-refractivity contribution < 1.29 is 14.6 Å². The van der Waals surface area contributed by atoms with E-state index < -0.39 is 0 Å². The maximum atomic E-state index is 11.7. The number of esters is 1. The van der Waals surface area contributed by atoms with Crippen LogP contribution in [0.3, 0.4) is 0 Å². The van der Waals surface area contributed by atoms with Gasteiger partial charge in [-0.1, -0.05) is 30.3 Å². The largest absolute Gasteiger partial charge is 0.462 e. The molecule has 30 heavy (non-hydrogen) atoms. The van der Waals surface area contributed by atoms with Gasteiger partial charge in [-0.2, -0.15) is 0 Å². The second kappa shape index (κ2) is 11.1. The van der Waals surface area contributed by atoms with Gasteiger partial charge >= 0.3 is 5.97 Å². The lowest BCUT2D eigenvalue weighted by Crippen LogP contribution is -2.50. The lowest BCUT2D eigenvalue weighted by atomic mass is 10.2. The molecule has 2 aromatic rings. The maximum Gasteiger partial charge on any atom is 0.339 e. The summed E-state index contributed by atoms with van der Waals surface area (Å²) in [6.07, 6.45) is 1.19. The molecule has 1 aromatic carbocycles. The summed E-state index contributed by atoms with van der Waals surface area (Å²) in [5, 5.41) is 10.5. The zero-order chi connectivity index (χ0) is 21.3. The molecule has 1 atom stereocenters. The van der Waals surface area contributed by atoms with Gasteiger partial charge in [-0.15, -0.1) is 0 Å². The van der Waals surface area contributed by atoms with Crippen molar-refractivity contribution in [1.82, 2.24) is 14.8 Å². The number of nitrogens with zero attached hydrogens (tertiary/aromatic N) is 4. The molecule has 0 radical (unpaired) electrons. The average Bonchev–Trinajstić information content (AvgIpc) is 2.75. The summed E-state index contributed by atoms with van der Waals surface area (Å²) in [6.45, 7) is 7.74. The van der Waals surface area contributed by atoms with E-state index in [0.717, 1.165) is 38.5 Å². The van der Waals surface area contributed by atoms with Gasteiger partial charge < -0.3 is 14.7 Å². The van der Waals surface area contributed by atoms with Crippen LogP contribution in [0.5, 0.6) is 0 Å². The van der Waals surface area contributed by atoms with Gasteiger partial charge in [0.1, 0.15) is 5.82 Å². The number of carbonyl (C=O) groups excluding carboxylic acids is 1. The number of carbonyl (C=O) groups is 1. The molecular formula is C23H32N4O3. The summed E-state index contributed by atoms with van der Waals surface area (Å²) in [5.74, 6) is 0.526. The Labute approximate surface area is 178 Å². The van der Waals surface area contributed by atoms with Crippen LogP contribution in [0.4, 0.5) is 5.82 Å². The van der Waals surface area contributed by atoms with Gasteiger partial charge in [-0.05, 0) is 31.7 Å². The Morgan fingerprint density at radius 2 is 1.90 bits per heavy atom. The first-order chi connectivity index (χ1) is 14.5. The van der Waals surface area contributed by atoms with Crippen LogP contribution in [0.1, 0.15) is 22.8 Å². The lowest BCUT2D eigenvalue weighted by molar-refractivity contribution is 0.0526. The molecule has 1 aromatic heterocycles. The second-order valence-corrected chi connectivity index (χ2v) is 7.75. The standard InChI is InChI=1S/C23H32N4O3/c1-3-30-23(29)20-9-10-22(24-15-20)27-13-11-26(12-14-27)18-21(28)17-25(2)16-19-7-5-4-6-8-19/h4-10,15,21,28H,3,11-14,16-18H2,1-2H3. The van der Waals surface area contributed by atoms with E-state index in [2.05, 4.69) is 31.8 Å². The molecule has 162 valence electrons. The van der Waals surface area contributed by atoms with Crippen LogP contribution in [0, 0.1) is 0 Å². The molecule has 0 bridgehead atoms. The highest BCUT2D eigenvalue weighted by Gasteiger charge is 2.21. The summed E-state index contributed by atoms with van der Waals surface area (Å²) in [7, 11) is 2.04. The molecular weight excluding hydrogens is 380 g/mol. The number of piperazine rings is 1. The van der Waals surface area contributed by atoms with Crippen molar-refractivity contribution in [1.29, 1.82) is 0 Å². The molecule has 1 aliphatic heterocycles. The number of aliphatic hydroxyl groups is 1. The first kappa shape index (κ1) is 22.2. The Morgan fingerprint density at radius 3 is 2.53 bits per heavy atom. The molecule has 7 nitrogen and oxygen atoms in total. The lowest BCUT2D eigenvalue weighted by Gasteiger charge is -2.36. The third kappa shape index (κ3) is 6.52. The molecule has 3 rings (SSSR count). The van der Waals surface area contributed by atoms with Gasteiger partial charge in [0.05, 0.1) is 18.3 Å². The minimum Gasteiger partial charge on any atom is -0.462 e. The van der Waals surface area contributed by atoms with Crippen molar-refractivity contribution in [3.63, 3.8) is 0 Å². The maximum absolute atomic E-state index is 11.7. The van der Waals surface area contributed by atoms with Crippen molar-refractivity contribution in [2.45, 2.75) is 19.6 Å². The Balaban J connectivity index is 1.41. The molecule has 7 heteroatoms.